The Morgan fingerprint density at radius 3 is 2.45 bits per heavy atom. The molecule has 202 valence electrons. The molecule has 0 aliphatic heterocycles. The van der Waals surface area contributed by atoms with Crippen LogP contribution in [0.4, 0.5) is 11.6 Å². The predicted molar refractivity (Wildman–Crippen MR) is 142 cm³/mol. The van der Waals surface area contributed by atoms with Crippen molar-refractivity contribution in [3.63, 3.8) is 0 Å². The zero-order valence-corrected chi connectivity index (χ0v) is 21.6. The Labute approximate surface area is 219 Å². The van der Waals surface area contributed by atoms with Crippen molar-refractivity contribution in [2.24, 2.45) is 5.10 Å². The third kappa shape index (κ3) is 7.12. The van der Waals surface area contributed by atoms with Crippen LogP contribution in [0.2, 0.25) is 0 Å². The van der Waals surface area contributed by atoms with Crippen LogP contribution in [-0.4, -0.2) is 58.7 Å². The van der Waals surface area contributed by atoms with Gasteiger partial charge in [-0.2, -0.15) is 5.10 Å². The number of amides is 1. The smallest absolute Gasteiger partial charge is 0.263 e. The predicted octanol–water partition coefficient (Wildman–Crippen LogP) is 2.88. The van der Waals surface area contributed by atoms with Crippen molar-refractivity contribution in [3.05, 3.63) is 47.8 Å². The van der Waals surface area contributed by atoms with Crippen LogP contribution < -0.4 is 30.8 Å². The number of benzene rings is 2. The van der Waals surface area contributed by atoms with E-state index in [1.54, 1.807) is 25.1 Å². The second kappa shape index (κ2) is 12.9. The first-order valence-corrected chi connectivity index (χ1v) is 11.7. The number of nitrogens with one attached hydrogen (secondary N) is 2. The molecule has 0 atom stereocenters. The van der Waals surface area contributed by atoms with Crippen LogP contribution in [0.1, 0.15) is 41.9 Å². The van der Waals surface area contributed by atoms with Gasteiger partial charge in [0.1, 0.15) is 11.5 Å². The molecular formula is C25H31N7O6. The Bertz CT molecular complexity index is 1320. The van der Waals surface area contributed by atoms with E-state index in [-0.39, 0.29) is 42.0 Å². The van der Waals surface area contributed by atoms with Gasteiger partial charge in [0.25, 0.3) is 5.95 Å². The third-order valence-electron chi connectivity index (χ3n) is 5.60. The fourth-order valence-electron chi connectivity index (χ4n) is 3.47. The third-order valence-corrected chi connectivity index (χ3v) is 5.60. The van der Waals surface area contributed by atoms with E-state index in [1.807, 2.05) is 0 Å². The lowest BCUT2D eigenvalue weighted by molar-refractivity contribution is -0.116. The van der Waals surface area contributed by atoms with Crippen molar-refractivity contribution in [1.82, 2.24) is 14.9 Å². The topological polar surface area (TPSA) is 175 Å². The lowest BCUT2D eigenvalue weighted by atomic mass is 10.0. The van der Waals surface area contributed by atoms with Gasteiger partial charge in [0.05, 0.1) is 33.4 Å². The summed E-state index contributed by atoms with van der Waals surface area (Å²) in [5.74, 6) is 7.24. The Morgan fingerprint density at radius 1 is 1.03 bits per heavy atom. The van der Waals surface area contributed by atoms with Crippen molar-refractivity contribution in [1.29, 1.82) is 0 Å². The van der Waals surface area contributed by atoms with E-state index in [0.717, 1.165) is 0 Å². The number of aryl methyl sites for hydroxylation is 1. The van der Waals surface area contributed by atoms with Gasteiger partial charge in [0, 0.05) is 23.8 Å². The van der Waals surface area contributed by atoms with Gasteiger partial charge in [-0.3, -0.25) is 9.59 Å². The summed E-state index contributed by atoms with van der Waals surface area (Å²) in [6, 6.07) is 9.44. The van der Waals surface area contributed by atoms with Crippen LogP contribution in [0.25, 0.3) is 0 Å². The van der Waals surface area contributed by atoms with Gasteiger partial charge in [-0.15, -0.1) is 10.2 Å². The van der Waals surface area contributed by atoms with Gasteiger partial charge < -0.3 is 30.5 Å². The first-order chi connectivity index (χ1) is 18.2. The Kier molecular flexibility index (Phi) is 9.46. The molecule has 2 aromatic carbocycles. The summed E-state index contributed by atoms with van der Waals surface area (Å²) >= 11 is 0. The SMILES string of the molecule is COc1ccc(OC)c(NC(=O)CCCC(CC(=O)c2ccc(O)c(OC)c2)=NNc2nnc(C)n2N)c1. The van der Waals surface area contributed by atoms with E-state index >= 15 is 0 Å². The number of hydrogen-bond acceptors (Lipinski definition) is 11. The first-order valence-electron chi connectivity index (χ1n) is 11.7. The molecule has 38 heavy (non-hydrogen) atoms. The second-order valence-electron chi connectivity index (χ2n) is 8.19. The van der Waals surface area contributed by atoms with Gasteiger partial charge in [-0.1, -0.05) is 0 Å². The zero-order chi connectivity index (χ0) is 27.7. The first kappa shape index (κ1) is 27.8. The average molecular weight is 526 g/mol. The molecule has 0 bridgehead atoms. The van der Waals surface area contributed by atoms with Crippen LogP contribution in [0, 0.1) is 6.92 Å². The van der Waals surface area contributed by atoms with Crippen molar-refractivity contribution >= 4 is 29.0 Å². The Morgan fingerprint density at radius 2 is 1.79 bits per heavy atom. The summed E-state index contributed by atoms with van der Waals surface area (Å²) in [4.78, 5) is 25.6. The van der Waals surface area contributed by atoms with Crippen molar-refractivity contribution in [2.45, 2.75) is 32.6 Å². The normalized spacial score (nSPS) is 11.1. The summed E-state index contributed by atoms with van der Waals surface area (Å²) in [5, 5.41) is 24.7. The zero-order valence-electron chi connectivity index (χ0n) is 21.6. The van der Waals surface area contributed by atoms with Crippen LogP contribution in [-0.2, 0) is 4.79 Å². The highest BCUT2D eigenvalue weighted by Gasteiger charge is 2.15. The van der Waals surface area contributed by atoms with Gasteiger partial charge in [0.2, 0.25) is 5.91 Å². The number of hydrogen-bond donors (Lipinski definition) is 4. The maximum absolute atomic E-state index is 13.0. The minimum absolute atomic E-state index is 0.0516. The number of carbonyl (C=O) groups excluding carboxylic acids is 2. The van der Waals surface area contributed by atoms with Gasteiger partial charge in [0.15, 0.2) is 23.1 Å². The molecule has 0 unspecified atom stereocenters. The number of phenolic OH excluding ortho intramolecular Hbond substituents is 1. The maximum Gasteiger partial charge on any atom is 0.263 e. The molecular weight excluding hydrogens is 494 g/mol. The molecule has 13 nitrogen and oxygen atoms in total. The number of nitrogen functional groups attached to an aromatic ring is 1. The van der Waals surface area contributed by atoms with E-state index in [4.69, 9.17) is 20.1 Å². The largest absolute Gasteiger partial charge is 0.504 e. The second-order valence-corrected chi connectivity index (χ2v) is 8.19. The minimum Gasteiger partial charge on any atom is -0.504 e. The molecule has 0 saturated heterocycles. The standard InChI is InChI=1S/C25H31N7O6/c1-15-28-30-25(32(15)26)31-29-17(13-21(34)16-8-10-20(33)23(12-16)38-4)6-5-7-24(35)27-19-14-18(36-2)9-11-22(19)37-3/h8-12,14,33H,5-7,13,26H2,1-4H3,(H,27,35)(H,30,31). The number of anilines is 2. The Balaban J connectivity index is 1.69. The molecule has 1 heterocycles. The monoisotopic (exact) mass is 525 g/mol. The molecule has 3 aromatic rings. The molecule has 5 N–H and O–H groups in total. The van der Waals surface area contributed by atoms with E-state index in [1.165, 1.54) is 44.2 Å². The minimum atomic E-state index is -0.250. The number of nitrogens with two attached hydrogens (primary N) is 1. The summed E-state index contributed by atoms with van der Waals surface area (Å²) in [7, 11) is 4.45. The Hall–Kier alpha value is -4.81. The van der Waals surface area contributed by atoms with Gasteiger partial charge >= 0.3 is 0 Å². The molecule has 0 radical (unpaired) electrons. The molecule has 13 heteroatoms. The van der Waals surface area contributed by atoms with Gasteiger partial charge in [-0.25, -0.2) is 10.1 Å². The molecule has 0 aliphatic rings. The van der Waals surface area contributed by atoms with E-state index in [0.29, 0.717) is 47.1 Å². The number of nitrogens with zero attached hydrogens (tertiary/aromatic N) is 4. The molecule has 0 fully saturated rings. The molecule has 1 amide bonds. The molecule has 0 spiro atoms. The molecule has 0 saturated carbocycles. The van der Waals surface area contributed by atoms with Crippen LogP contribution in [0.15, 0.2) is 41.5 Å². The number of ether oxygens (including phenoxy) is 3. The van der Waals surface area contributed by atoms with Crippen molar-refractivity contribution in [3.8, 4) is 23.0 Å². The molecule has 3 rings (SSSR count). The average Bonchev–Trinajstić information content (AvgIpc) is 3.24. The lowest BCUT2D eigenvalue weighted by Crippen LogP contribution is -2.16. The molecule has 0 aliphatic carbocycles. The van der Waals surface area contributed by atoms with Crippen molar-refractivity contribution < 1.29 is 28.9 Å². The van der Waals surface area contributed by atoms with Crippen molar-refractivity contribution in [2.75, 3.05) is 37.9 Å². The number of methoxy groups -OCH3 is 3. The number of hydrazone groups is 1. The van der Waals surface area contributed by atoms with E-state index < -0.39 is 0 Å². The number of aromatic hydroxyl groups is 1. The fraction of sp³-hybridized carbons (Fsp3) is 0.320. The number of phenols is 1. The quantitative estimate of drug-likeness (QED) is 0.112. The van der Waals surface area contributed by atoms with Crippen LogP contribution in [0.5, 0.6) is 23.0 Å². The number of rotatable bonds is 13. The fourth-order valence-corrected chi connectivity index (χ4v) is 3.47. The van der Waals surface area contributed by atoms with E-state index in [9.17, 15) is 14.7 Å². The number of Topliss-reactive ketones (excluding diaryl/α,β-unsaturated/α-hetero) is 1. The number of carbonyl (C=O) groups is 2. The van der Waals surface area contributed by atoms with Crippen LogP contribution in [0.3, 0.4) is 0 Å². The number of ketones is 1. The highest BCUT2D eigenvalue weighted by atomic mass is 16.5. The highest BCUT2D eigenvalue weighted by Crippen LogP contribution is 2.29. The van der Waals surface area contributed by atoms with Gasteiger partial charge in [-0.05, 0) is 50.1 Å². The summed E-state index contributed by atoms with van der Waals surface area (Å²) in [5.41, 5.74) is 4.03. The van der Waals surface area contributed by atoms with E-state index in [2.05, 4.69) is 26.0 Å². The summed E-state index contributed by atoms with van der Waals surface area (Å²) in [6.07, 6.45) is 0.838. The molecule has 1 aromatic heterocycles. The number of aromatic nitrogens is 3. The maximum atomic E-state index is 13.0. The lowest BCUT2D eigenvalue weighted by Gasteiger charge is -2.12. The summed E-state index contributed by atoms with van der Waals surface area (Å²) in [6.45, 7) is 1.68. The summed E-state index contributed by atoms with van der Waals surface area (Å²) < 4.78 is 16.8. The van der Waals surface area contributed by atoms with Crippen LogP contribution >= 0.6 is 0 Å². The highest BCUT2D eigenvalue weighted by molar-refractivity contribution is 6.10.